The van der Waals surface area contributed by atoms with Crippen molar-refractivity contribution in [3.8, 4) is 0 Å². The number of aryl methyl sites for hydroxylation is 1. The first-order chi connectivity index (χ1) is 6.66. The number of unbranched alkanes of at least 4 members (excludes halogenated alkanes) is 1. The Kier molecular flexibility index (Phi) is 3.95. The maximum Gasteiger partial charge on any atom is 0.358 e. The SMILES string of the molecule is CCCCOC(=O)c1c(Cl)cnn1C. The first-order valence-electron chi connectivity index (χ1n) is 4.51. The van der Waals surface area contributed by atoms with Crippen LogP contribution < -0.4 is 0 Å². The Morgan fingerprint density at radius 1 is 1.71 bits per heavy atom. The lowest BCUT2D eigenvalue weighted by Crippen LogP contribution is -2.11. The van der Waals surface area contributed by atoms with Crippen LogP contribution in [0.5, 0.6) is 0 Å². The molecule has 0 saturated heterocycles. The molecule has 0 bridgehead atoms. The molecular weight excluding hydrogens is 204 g/mol. The molecule has 0 aromatic carbocycles. The van der Waals surface area contributed by atoms with Gasteiger partial charge >= 0.3 is 5.97 Å². The number of esters is 1. The Hall–Kier alpha value is -1.03. The molecule has 14 heavy (non-hydrogen) atoms. The lowest BCUT2D eigenvalue weighted by molar-refractivity contribution is 0.0487. The molecular formula is C9H13ClN2O2. The number of carbonyl (C=O) groups excluding carboxylic acids is 1. The third-order valence-electron chi connectivity index (χ3n) is 1.82. The highest BCUT2D eigenvalue weighted by Gasteiger charge is 2.16. The van der Waals surface area contributed by atoms with Gasteiger partial charge in [0.05, 0.1) is 17.8 Å². The van der Waals surface area contributed by atoms with Crippen LogP contribution in [0.3, 0.4) is 0 Å². The number of aromatic nitrogens is 2. The zero-order valence-corrected chi connectivity index (χ0v) is 9.04. The number of rotatable bonds is 4. The number of carbonyl (C=O) groups is 1. The summed E-state index contributed by atoms with van der Waals surface area (Å²) in [5.74, 6) is -0.413. The first-order valence-corrected chi connectivity index (χ1v) is 4.89. The highest BCUT2D eigenvalue weighted by Crippen LogP contribution is 2.14. The molecule has 0 N–H and O–H groups in total. The van der Waals surface area contributed by atoms with Gasteiger partial charge in [-0.2, -0.15) is 5.10 Å². The Morgan fingerprint density at radius 2 is 2.43 bits per heavy atom. The largest absolute Gasteiger partial charge is 0.461 e. The number of halogens is 1. The Morgan fingerprint density at radius 3 is 2.93 bits per heavy atom. The molecule has 1 aromatic heterocycles. The number of ether oxygens (including phenoxy) is 1. The zero-order chi connectivity index (χ0) is 10.6. The Labute approximate surface area is 87.8 Å². The zero-order valence-electron chi connectivity index (χ0n) is 8.29. The van der Waals surface area contributed by atoms with Gasteiger partial charge < -0.3 is 4.74 Å². The lowest BCUT2D eigenvalue weighted by atomic mass is 10.3. The molecule has 0 atom stereocenters. The highest BCUT2D eigenvalue weighted by atomic mass is 35.5. The van der Waals surface area contributed by atoms with E-state index in [9.17, 15) is 4.79 Å². The molecule has 1 aromatic rings. The van der Waals surface area contributed by atoms with Crippen LogP contribution in [0.4, 0.5) is 0 Å². The molecule has 78 valence electrons. The van der Waals surface area contributed by atoms with Crippen LogP contribution in [0.25, 0.3) is 0 Å². The van der Waals surface area contributed by atoms with Crippen LogP contribution in [0.2, 0.25) is 5.02 Å². The second-order valence-electron chi connectivity index (χ2n) is 2.95. The fourth-order valence-corrected chi connectivity index (χ4v) is 1.26. The van der Waals surface area contributed by atoms with E-state index in [4.69, 9.17) is 16.3 Å². The normalized spacial score (nSPS) is 10.2. The van der Waals surface area contributed by atoms with Gasteiger partial charge in [-0.05, 0) is 6.42 Å². The summed E-state index contributed by atoms with van der Waals surface area (Å²) in [5.41, 5.74) is 0.308. The molecule has 5 heteroatoms. The lowest BCUT2D eigenvalue weighted by Gasteiger charge is -2.03. The smallest absolute Gasteiger partial charge is 0.358 e. The van der Waals surface area contributed by atoms with E-state index in [1.165, 1.54) is 10.9 Å². The quantitative estimate of drug-likeness (QED) is 0.572. The van der Waals surface area contributed by atoms with E-state index < -0.39 is 5.97 Å². The van der Waals surface area contributed by atoms with Crippen LogP contribution in [0.15, 0.2) is 6.20 Å². The fourth-order valence-electron chi connectivity index (χ4n) is 1.02. The Balaban J connectivity index is 2.60. The maximum absolute atomic E-state index is 11.5. The molecule has 0 radical (unpaired) electrons. The Bertz CT molecular complexity index is 303. The average Bonchev–Trinajstić information content (AvgIpc) is 2.46. The predicted molar refractivity (Wildman–Crippen MR) is 53.4 cm³/mol. The highest BCUT2D eigenvalue weighted by molar-refractivity contribution is 6.33. The van der Waals surface area contributed by atoms with Crippen molar-refractivity contribution in [3.63, 3.8) is 0 Å². The van der Waals surface area contributed by atoms with Gasteiger partial charge in [0, 0.05) is 7.05 Å². The van der Waals surface area contributed by atoms with E-state index in [-0.39, 0.29) is 0 Å². The molecule has 1 heterocycles. The van der Waals surface area contributed by atoms with E-state index >= 15 is 0 Å². The van der Waals surface area contributed by atoms with Crippen LogP contribution in [0, 0.1) is 0 Å². The molecule has 0 aliphatic carbocycles. The van der Waals surface area contributed by atoms with Crippen LogP contribution in [-0.4, -0.2) is 22.4 Å². The summed E-state index contributed by atoms with van der Waals surface area (Å²) in [7, 11) is 1.66. The fraction of sp³-hybridized carbons (Fsp3) is 0.556. The third-order valence-corrected chi connectivity index (χ3v) is 2.10. The summed E-state index contributed by atoms with van der Waals surface area (Å²) >= 11 is 5.77. The van der Waals surface area contributed by atoms with Crippen molar-refractivity contribution in [1.82, 2.24) is 9.78 Å². The van der Waals surface area contributed by atoms with Gasteiger partial charge in [-0.15, -0.1) is 0 Å². The topological polar surface area (TPSA) is 44.1 Å². The van der Waals surface area contributed by atoms with Crippen LogP contribution in [-0.2, 0) is 11.8 Å². The molecule has 0 amide bonds. The van der Waals surface area contributed by atoms with Crippen molar-refractivity contribution in [3.05, 3.63) is 16.9 Å². The van der Waals surface area contributed by atoms with Gasteiger partial charge in [0.2, 0.25) is 0 Å². The molecule has 0 unspecified atom stereocenters. The second kappa shape index (κ2) is 5.00. The van der Waals surface area contributed by atoms with E-state index in [2.05, 4.69) is 5.10 Å². The number of hydrogen-bond donors (Lipinski definition) is 0. The van der Waals surface area contributed by atoms with E-state index in [1.807, 2.05) is 6.92 Å². The van der Waals surface area contributed by atoms with Crippen LogP contribution in [0.1, 0.15) is 30.3 Å². The molecule has 0 saturated carbocycles. The summed E-state index contributed by atoms with van der Waals surface area (Å²) in [5, 5.41) is 4.18. The predicted octanol–water partition coefficient (Wildman–Crippen LogP) is 2.03. The molecule has 0 aliphatic rings. The molecule has 0 fully saturated rings. The molecule has 1 rings (SSSR count). The van der Waals surface area contributed by atoms with E-state index in [0.717, 1.165) is 12.8 Å². The minimum absolute atomic E-state index is 0.308. The van der Waals surface area contributed by atoms with Gasteiger partial charge in [-0.1, -0.05) is 24.9 Å². The monoisotopic (exact) mass is 216 g/mol. The summed E-state index contributed by atoms with van der Waals surface area (Å²) < 4.78 is 6.42. The van der Waals surface area contributed by atoms with Crippen LogP contribution >= 0.6 is 11.6 Å². The summed E-state index contributed by atoms with van der Waals surface area (Å²) in [6.45, 7) is 2.46. The second-order valence-corrected chi connectivity index (χ2v) is 3.36. The van der Waals surface area contributed by atoms with Gasteiger partial charge in [-0.25, -0.2) is 4.79 Å². The van der Waals surface area contributed by atoms with E-state index in [1.54, 1.807) is 7.05 Å². The third kappa shape index (κ3) is 2.48. The van der Waals surface area contributed by atoms with Gasteiger partial charge in [0.15, 0.2) is 5.69 Å². The van der Waals surface area contributed by atoms with Crippen molar-refractivity contribution in [2.75, 3.05) is 6.61 Å². The summed E-state index contributed by atoms with van der Waals surface area (Å²) in [6, 6.07) is 0. The minimum Gasteiger partial charge on any atom is -0.461 e. The van der Waals surface area contributed by atoms with Gasteiger partial charge in [0.25, 0.3) is 0 Å². The molecule has 0 aliphatic heterocycles. The first kappa shape index (κ1) is 11.0. The maximum atomic E-state index is 11.5. The summed E-state index contributed by atoms with van der Waals surface area (Å²) in [6.07, 6.45) is 3.28. The molecule has 0 spiro atoms. The van der Waals surface area contributed by atoms with Crippen molar-refractivity contribution in [1.29, 1.82) is 0 Å². The number of nitrogens with zero attached hydrogens (tertiary/aromatic N) is 2. The van der Waals surface area contributed by atoms with Gasteiger partial charge in [0.1, 0.15) is 0 Å². The summed E-state index contributed by atoms with van der Waals surface area (Å²) in [4.78, 5) is 11.5. The van der Waals surface area contributed by atoms with Crippen molar-refractivity contribution < 1.29 is 9.53 Å². The standard InChI is InChI=1S/C9H13ClN2O2/c1-3-4-5-14-9(13)8-7(10)6-11-12(8)2/h6H,3-5H2,1-2H3. The van der Waals surface area contributed by atoms with Gasteiger partial charge in [-0.3, -0.25) is 4.68 Å². The van der Waals surface area contributed by atoms with Crippen molar-refractivity contribution in [2.24, 2.45) is 7.05 Å². The van der Waals surface area contributed by atoms with Crippen molar-refractivity contribution >= 4 is 17.6 Å². The van der Waals surface area contributed by atoms with Crippen molar-refractivity contribution in [2.45, 2.75) is 19.8 Å². The average molecular weight is 217 g/mol. The minimum atomic E-state index is -0.413. The van der Waals surface area contributed by atoms with E-state index in [0.29, 0.717) is 17.3 Å². The molecule has 4 nitrogen and oxygen atoms in total. The number of hydrogen-bond acceptors (Lipinski definition) is 3.